The van der Waals surface area contributed by atoms with E-state index in [4.69, 9.17) is 0 Å². The van der Waals surface area contributed by atoms with Crippen molar-refractivity contribution in [3.05, 3.63) is 41.9 Å². The van der Waals surface area contributed by atoms with Crippen LogP contribution in [0, 0.1) is 6.92 Å². The topological polar surface area (TPSA) is 29.9 Å². The molecule has 0 saturated carbocycles. The number of nitrogens with one attached hydrogen (secondary N) is 1. The van der Waals surface area contributed by atoms with Gasteiger partial charge in [-0.3, -0.25) is 0 Å². The highest BCUT2D eigenvalue weighted by atomic mass is 15.1. The Kier molecular flexibility index (Phi) is 3.06. The van der Waals surface area contributed by atoms with Gasteiger partial charge in [-0.15, -0.1) is 0 Å². The molecule has 2 rings (SSSR count). The van der Waals surface area contributed by atoms with Crippen LogP contribution in [-0.4, -0.2) is 16.6 Å². The molecular formula is C13H17N3. The third kappa shape index (κ3) is 1.86. The maximum atomic E-state index is 4.58. The summed E-state index contributed by atoms with van der Waals surface area (Å²) in [5, 5.41) is 3.13. The Morgan fingerprint density at radius 3 is 2.56 bits per heavy atom. The molecule has 0 atom stereocenters. The molecule has 1 aromatic carbocycles. The van der Waals surface area contributed by atoms with Crippen molar-refractivity contribution in [2.45, 2.75) is 13.5 Å². The van der Waals surface area contributed by atoms with E-state index in [0.717, 1.165) is 18.1 Å². The number of aromatic nitrogens is 2. The van der Waals surface area contributed by atoms with Gasteiger partial charge in [0.1, 0.15) is 5.82 Å². The van der Waals surface area contributed by atoms with Crippen molar-refractivity contribution < 1.29 is 0 Å². The summed E-state index contributed by atoms with van der Waals surface area (Å²) >= 11 is 0. The van der Waals surface area contributed by atoms with Gasteiger partial charge in [0, 0.05) is 12.6 Å². The molecule has 3 heteroatoms. The SMILES string of the molecule is CNCc1nc(C)c(-c2ccccc2)n1C. The van der Waals surface area contributed by atoms with E-state index in [-0.39, 0.29) is 0 Å². The maximum Gasteiger partial charge on any atom is 0.123 e. The highest BCUT2D eigenvalue weighted by Gasteiger charge is 2.11. The molecule has 1 N–H and O–H groups in total. The Balaban J connectivity index is 2.49. The first-order chi connectivity index (χ1) is 7.74. The number of hydrogen-bond donors (Lipinski definition) is 1. The van der Waals surface area contributed by atoms with Crippen LogP contribution in [-0.2, 0) is 13.6 Å². The van der Waals surface area contributed by atoms with Crippen LogP contribution >= 0.6 is 0 Å². The Labute approximate surface area is 96.1 Å². The smallest absolute Gasteiger partial charge is 0.123 e. The van der Waals surface area contributed by atoms with Gasteiger partial charge in [0.25, 0.3) is 0 Å². The molecule has 0 unspecified atom stereocenters. The molecule has 0 aliphatic rings. The minimum Gasteiger partial charge on any atom is -0.330 e. The van der Waals surface area contributed by atoms with Crippen LogP contribution < -0.4 is 5.32 Å². The second-order valence-electron chi connectivity index (χ2n) is 3.92. The van der Waals surface area contributed by atoms with Crippen LogP contribution in [0.1, 0.15) is 11.5 Å². The van der Waals surface area contributed by atoms with E-state index in [0.29, 0.717) is 0 Å². The van der Waals surface area contributed by atoms with E-state index < -0.39 is 0 Å². The second kappa shape index (κ2) is 4.49. The molecule has 1 heterocycles. The van der Waals surface area contributed by atoms with E-state index in [2.05, 4.69) is 53.1 Å². The van der Waals surface area contributed by atoms with E-state index in [1.807, 2.05) is 13.1 Å². The minimum absolute atomic E-state index is 0.796. The van der Waals surface area contributed by atoms with Crippen molar-refractivity contribution in [3.8, 4) is 11.3 Å². The predicted molar refractivity (Wildman–Crippen MR) is 66.1 cm³/mol. The molecule has 0 aliphatic heterocycles. The third-order valence-electron chi connectivity index (χ3n) is 2.74. The lowest BCUT2D eigenvalue weighted by atomic mass is 10.1. The summed E-state index contributed by atoms with van der Waals surface area (Å²) in [4.78, 5) is 4.58. The second-order valence-corrected chi connectivity index (χ2v) is 3.92. The molecule has 0 spiro atoms. The van der Waals surface area contributed by atoms with Gasteiger partial charge in [0.05, 0.1) is 17.9 Å². The van der Waals surface area contributed by atoms with Gasteiger partial charge in [-0.05, 0) is 14.0 Å². The first-order valence-corrected chi connectivity index (χ1v) is 5.46. The van der Waals surface area contributed by atoms with E-state index in [9.17, 15) is 0 Å². The zero-order chi connectivity index (χ0) is 11.5. The number of rotatable bonds is 3. The highest BCUT2D eigenvalue weighted by Crippen LogP contribution is 2.23. The molecule has 16 heavy (non-hydrogen) atoms. The van der Waals surface area contributed by atoms with Crippen molar-refractivity contribution in [2.75, 3.05) is 7.05 Å². The minimum atomic E-state index is 0.796. The van der Waals surface area contributed by atoms with Gasteiger partial charge in [0.2, 0.25) is 0 Å². The summed E-state index contributed by atoms with van der Waals surface area (Å²) in [7, 11) is 4.00. The number of imidazole rings is 1. The predicted octanol–water partition coefficient (Wildman–Crippen LogP) is 2.11. The van der Waals surface area contributed by atoms with E-state index in [1.165, 1.54) is 11.3 Å². The zero-order valence-electron chi connectivity index (χ0n) is 9.99. The third-order valence-corrected chi connectivity index (χ3v) is 2.74. The first-order valence-electron chi connectivity index (χ1n) is 5.46. The average molecular weight is 215 g/mol. The Bertz CT molecular complexity index is 471. The summed E-state index contributed by atoms with van der Waals surface area (Å²) in [6, 6.07) is 10.4. The van der Waals surface area contributed by atoms with Gasteiger partial charge >= 0.3 is 0 Å². The van der Waals surface area contributed by atoms with Gasteiger partial charge in [-0.25, -0.2) is 4.98 Å². The number of hydrogen-bond acceptors (Lipinski definition) is 2. The van der Waals surface area contributed by atoms with Gasteiger partial charge in [0.15, 0.2) is 0 Å². The van der Waals surface area contributed by atoms with E-state index in [1.54, 1.807) is 0 Å². The Morgan fingerprint density at radius 2 is 1.94 bits per heavy atom. The van der Waals surface area contributed by atoms with Crippen LogP contribution in [0.4, 0.5) is 0 Å². The van der Waals surface area contributed by atoms with Crippen LogP contribution in [0.2, 0.25) is 0 Å². The molecule has 0 fully saturated rings. The lowest BCUT2D eigenvalue weighted by molar-refractivity contribution is 0.712. The summed E-state index contributed by atoms with van der Waals surface area (Å²) in [6.45, 7) is 2.85. The largest absolute Gasteiger partial charge is 0.330 e. The highest BCUT2D eigenvalue weighted by molar-refractivity contribution is 5.62. The Hall–Kier alpha value is -1.61. The molecule has 84 valence electrons. The van der Waals surface area contributed by atoms with Crippen LogP contribution in [0.5, 0.6) is 0 Å². The van der Waals surface area contributed by atoms with Crippen LogP contribution in [0.15, 0.2) is 30.3 Å². The van der Waals surface area contributed by atoms with Gasteiger partial charge in [-0.1, -0.05) is 30.3 Å². The van der Waals surface area contributed by atoms with Crippen LogP contribution in [0.3, 0.4) is 0 Å². The van der Waals surface area contributed by atoms with Gasteiger partial charge < -0.3 is 9.88 Å². The fraction of sp³-hybridized carbons (Fsp3) is 0.308. The summed E-state index contributed by atoms with van der Waals surface area (Å²) in [5.74, 6) is 1.07. The van der Waals surface area contributed by atoms with Crippen molar-refractivity contribution in [3.63, 3.8) is 0 Å². The van der Waals surface area contributed by atoms with Crippen molar-refractivity contribution in [2.24, 2.45) is 7.05 Å². The lowest BCUT2D eigenvalue weighted by Crippen LogP contribution is -2.10. The molecule has 2 aromatic rings. The normalized spacial score (nSPS) is 10.7. The quantitative estimate of drug-likeness (QED) is 0.850. The molecule has 0 amide bonds. The lowest BCUT2D eigenvalue weighted by Gasteiger charge is -2.06. The molecule has 0 saturated heterocycles. The molecule has 1 aromatic heterocycles. The number of nitrogens with zero attached hydrogens (tertiary/aromatic N) is 2. The molecule has 3 nitrogen and oxygen atoms in total. The fourth-order valence-electron chi connectivity index (χ4n) is 2.01. The molecule has 0 aliphatic carbocycles. The molecular weight excluding hydrogens is 198 g/mol. The summed E-state index contributed by atoms with van der Waals surface area (Å²) in [6.07, 6.45) is 0. The first kappa shape index (κ1) is 10.9. The number of benzene rings is 1. The Morgan fingerprint density at radius 1 is 1.25 bits per heavy atom. The maximum absolute atomic E-state index is 4.58. The van der Waals surface area contributed by atoms with E-state index >= 15 is 0 Å². The number of aryl methyl sites for hydroxylation is 1. The van der Waals surface area contributed by atoms with Crippen LogP contribution in [0.25, 0.3) is 11.3 Å². The average Bonchev–Trinajstić information content (AvgIpc) is 2.56. The monoisotopic (exact) mass is 215 g/mol. The van der Waals surface area contributed by atoms with Crippen molar-refractivity contribution in [1.82, 2.24) is 14.9 Å². The van der Waals surface area contributed by atoms with Crippen molar-refractivity contribution in [1.29, 1.82) is 0 Å². The summed E-state index contributed by atoms with van der Waals surface area (Å²) in [5.41, 5.74) is 3.50. The molecule has 0 bridgehead atoms. The standard InChI is InChI=1S/C13H17N3/c1-10-13(11-7-5-4-6-8-11)16(3)12(15-10)9-14-2/h4-8,14H,9H2,1-3H3. The molecule has 0 radical (unpaired) electrons. The van der Waals surface area contributed by atoms with Gasteiger partial charge in [-0.2, -0.15) is 0 Å². The van der Waals surface area contributed by atoms with Crippen molar-refractivity contribution >= 4 is 0 Å². The summed E-state index contributed by atoms with van der Waals surface area (Å²) < 4.78 is 2.15. The zero-order valence-corrected chi connectivity index (χ0v) is 9.99. The fourth-order valence-corrected chi connectivity index (χ4v) is 2.01.